The summed E-state index contributed by atoms with van der Waals surface area (Å²) < 4.78 is 2.17. The van der Waals surface area contributed by atoms with Gasteiger partial charge in [0.25, 0.3) is 5.91 Å². The van der Waals surface area contributed by atoms with E-state index in [0.717, 1.165) is 49.2 Å². The van der Waals surface area contributed by atoms with Gasteiger partial charge in [-0.25, -0.2) is 4.98 Å². The van der Waals surface area contributed by atoms with E-state index in [9.17, 15) is 4.79 Å². The molecule has 0 spiro atoms. The lowest BCUT2D eigenvalue weighted by atomic mass is 9.97. The summed E-state index contributed by atoms with van der Waals surface area (Å²) in [5.74, 6) is 1.51. The van der Waals surface area contributed by atoms with Crippen LogP contribution in [0.2, 0.25) is 0 Å². The Hall–Kier alpha value is -2.63. The SMILES string of the molecule is Cc1nccn1C[C@@H]1CCCN(C(=O)c2n[nH]c3ccccc23)C1. The molecule has 1 aliphatic heterocycles. The number of nitrogens with zero attached hydrogens (tertiary/aromatic N) is 4. The molecule has 0 saturated carbocycles. The number of aryl methyl sites for hydroxylation is 1. The topological polar surface area (TPSA) is 66.8 Å². The predicted octanol–water partition coefficient (Wildman–Crippen LogP) is 2.62. The maximum Gasteiger partial charge on any atom is 0.275 e. The molecule has 1 fully saturated rings. The van der Waals surface area contributed by atoms with Gasteiger partial charge in [0.1, 0.15) is 5.82 Å². The highest BCUT2D eigenvalue weighted by atomic mass is 16.2. The summed E-state index contributed by atoms with van der Waals surface area (Å²) in [4.78, 5) is 19.1. The number of para-hydroxylation sites is 1. The summed E-state index contributed by atoms with van der Waals surface area (Å²) >= 11 is 0. The zero-order valence-corrected chi connectivity index (χ0v) is 13.8. The molecule has 0 bridgehead atoms. The van der Waals surface area contributed by atoms with Crippen LogP contribution in [0.1, 0.15) is 29.2 Å². The average molecular weight is 323 g/mol. The number of aromatic nitrogens is 4. The monoisotopic (exact) mass is 323 g/mol. The number of aromatic amines is 1. The van der Waals surface area contributed by atoms with Crippen molar-refractivity contribution >= 4 is 16.8 Å². The third-order valence-electron chi connectivity index (χ3n) is 4.86. The Morgan fingerprint density at radius 1 is 1.38 bits per heavy atom. The summed E-state index contributed by atoms with van der Waals surface area (Å²) in [5, 5.41) is 8.11. The van der Waals surface area contributed by atoms with E-state index in [1.54, 1.807) is 0 Å². The molecule has 6 heteroatoms. The van der Waals surface area contributed by atoms with Gasteiger partial charge in [0.15, 0.2) is 5.69 Å². The summed E-state index contributed by atoms with van der Waals surface area (Å²) in [5.41, 5.74) is 1.44. The highest BCUT2D eigenvalue weighted by Crippen LogP contribution is 2.23. The molecule has 0 aliphatic carbocycles. The first-order valence-corrected chi connectivity index (χ1v) is 8.42. The van der Waals surface area contributed by atoms with E-state index < -0.39 is 0 Å². The first-order chi connectivity index (χ1) is 11.7. The van der Waals surface area contributed by atoms with Crippen LogP contribution in [0.5, 0.6) is 0 Å². The summed E-state index contributed by atoms with van der Waals surface area (Å²) in [6.07, 6.45) is 6.02. The molecule has 3 heterocycles. The van der Waals surface area contributed by atoms with Crippen molar-refractivity contribution in [3.8, 4) is 0 Å². The van der Waals surface area contributed by atoms with Crippen LogP contribution in [-0.4, -0.2) is 43.6 Å². The van der Waals surface area contributed by atoms with Crippen molar-refractivity contribution in [2.45, 2.75) is 26.3 Å². The molecule has 1 aromatic carbocycles. The number of likely N-dealkylation sites (tertiary alicyclic amines) is 1. The lowest BCUT2D eigenvalue weighted by Crippen LogP contribution is -2.41. The first kappa shape index (κ1) is 14.9. The van der Waals surface area contributed by atoms with Crippen LogP contribution >= 0.6 is 0 Å². The second kappa shape index (κ2) is 6.11. The van der Waals surface area contributed by atoms with Crippen LogP contribution in [0.15, 0.2) is 36.7 Å². The summed E-state index contributed by atoms with van der Waals surface area (Å²) in [6.45, 7) is 4.51. The number of benzene rings is 1. The number of H-pyrrole nitrogens is 1. The third-order valence-corrected chi connectivity index (χ3v) is 4.86. The minimum atomic E-state index is 0.0273. The second-order valence-electron chi connectivity index (χ2n) is 6.50. The van der Waals surface area contributed by atoms with Gasteiger partial charge >= 0.3 is 0 Å². The lowest BCUT2D eigenvalue weighted by Gasteiger charge is -2.32. The molecular formula is C18H21N5O. The van der Waals surface area contributed by atoms with Crippen LogP contribution in [0.3, 0.4) is 0 Å². The summed E-state index contributed by atoms with van der Waals surface area (Å²) in [7, 11) is 0. The molecule has 3 aromatic rings. The van der Waals surface area contributed by atoms with Gasteiger partial charge in [-0.05, 0) is 31.7 Å². The molecule has 1 atom stereocenters. The van der Waals surface area contributed by atoms with Crippen LogP contribution in [0.25, 0.3) is 10.9 Å². The highest BCUT2D eigenvalue weighted by Gasteiger charge is 2.27. The number of carbonyl (C=O) groups is 1. The molecule has 1 N–H and O–H groups in total. The van der Waals surface area contributed by atoms with E-state index in [4.69, 9.17) is 0 Å². The largest absolute Gasteiger partial charge is 0.337 e. The number of carbonyl (C=O) groups excluding carboxylic acids is 1. The van der Waals surface area contributed by atoms with Crippen molar-refractivity contribution in [3.05, 3.63) is 48.2 Å². The van der Waals surface area contributed by atoms with E-state index in [1.165, 1.54) is 0 Å². The molecule has 0 radical (unpaired) electrons. The van der Waals surface area contributed by atoms with Gasteiger partial charge in [-0.3, -0.25) is 9.89 Å². The standard InChI is InChI=1S/C18H21N5O/c1-13-19-8-10-22(13)11-14-5-4-9-23(12-14)18(24)17-15-6-2-3-7-16(15)20-21-17/h2-3,6-8,10,14H,4-5,9,11-12H2,1H3,(H,20,21)/t14-/m0/s1. The van der Waals surface area contributed by atoms with Gasteiger partial charge in [-0.1, -0.05) is 18.2 Å². The zero-order chi connectivity index (χ0) is 16.5. The number of rotatable bonds is 3. The molecule has 1 amide bonds. The Kier molecular flexibility index (Phi) is 3.80. The minimum Gasteiger partial charge on any atom is -0.337 e. The second-order valence-corrected chi connectivity index (χ2v) is 6.50. The minimum absolute atomic E-state index is 0.0273. The van der Waals surface area contributed by atoms with Gasteiger partial charge in [-0.2, -0.15) is 5.10 Å². The fourth-order valence-corrected chi connectivity index (χ4v) is 3.55. The van der Waals surface area contributed by atoms with Crippen LogP contribution in [0.4, 0.5) is 0 Å². The van der Waals surface area contributed by atoms with Crippen molar-refractivity contribution in [3.63, 3.8) is 0 Å². The van der Waals surface area contributed by atoms with E-state index in [1.807, 2.05) is 48.5 Å². The van der Waals surface area contributed by atoms with Gasteiger partial charge in [0.2, 0.25) is 0 Å². The molecule has 0 unspecified atom stereocenters. The molecule has 2 aromatic heterocycles. The number of fused-ring (bicyclic) bond motifs is 1. The average Bonchev–Trinajstić information content (AvgIpc) is 3.21. The van der Waals surface area contributed by atoms with Gasteiger partial charge in [-0.15, -0.1) is 0 Å². The smallest absolute Gasteiger partial charge is 0.275 e. The number of amides is 1. The van der Waals surface area contributed by atoms with Crippen molar-refractivity contribution < 1.29 is 4.79 Å². The zero-order valence-electron chi connectivity index (χ0n) is 13.8. The van der Waals surface area contributed by atoms with Crippen LogP contribution < -0.4 is 0 Å². The maximum atomic E-state index is 12.9. The van der Waals surface area contributed by atoms with Crippen molar-refractivity contribution in [1.82, 2.24) is 24.6 Å². The normalized spacial score (nSPS) is 18.2. The van der Waals surface area contributed by atoms with E-state index >= 15 is 0 Å². The Balaban J connectivity index is 1.51. The molecule has 24 heavy (non-hydrogen) atoms. The number of piperidine rings is 1. The number of imidazole rings is 1. The number of hydrogen-bond acceptors (Lipinski definition) is 3. The number of hydrogen-bond donors (Lipinski definition) is 1. The highest BCUT2D eigenvalue weighted by molar-refractivity contribution is 6.04. The molecule has 124 valence electrons. The number of nitrogens with one attached hydrogen (secondary N) is 1. The maximum absolute atomic E-state index is 12.9. The van der Waals surface area contributed by atoms with Crippen molar-refractivity contribution in [1.29, 1.82) is 0 Å². The van der Waals surface area contributed by atoms with Crippen molar-refractivity contribution in [2.24, 2.45) is 5.92 Å². The molecule has 1 saturated heterocycles. The van der Waals surface area contributed by atoms with E-state index in [2.05, 4.69) is 19.7 Å². The van der Waals surface area contributed by atoms with E-state index in [-0.39, 0.29) is 5.91 Å². The Labute approximate surface area is 140 Å². The quantitative estimate of drug-likeness (QED) is 0.806. The summed E-state index contributed by atoms with van der Waals surface area (Å²) in [6, 6.07) is 7.77. The van der Waals surface area contributed by atoms with Gasteiger partial charge in [0.05, 0.1) is 5.52 Å². The molecular weight excluding hydrogens is 302 g/mol. The molecule has 6 nitrogen and oxygen atoms in total. The van der Waals surface area contributed by atoms with Crippen LogP contribution in [-0.2, 0) is 6.54 Å². The Morgan fingerprint density at radius 2 is 2.25 bits per heavy atom. The fourth-order valence-electron chi connectivity index (χ4n) is 3.55. The van der Waals surface area contributed by atoms with Gasteiger partial charge < -0.3 is 9.47 Å². The van der Waals surface area contributed by atoms with Crippen LogP contribution in [0, 0.1) is 12.8 Å². The van der Waals surface area contributed by atoms with E-state index in [0.29, 0.717) is 11.6 Å². The fraction of sp³-hybridized carbons (Fsp3) is 0.389. The predicted molar refractivity (Wildman–Crippen MR) is 91.7 cm³/mol. The molecule has 4 rings (SSSR count). The Bertz CT molecular complexity index is 865. The Morgan fingerprint density at radius 3 is 3.08 bits per heavy atom. The molecule has 1 aliphatic rings. The van der Waals surface area contributed by atoms with Crippen molar-refractivity contribution in [2.75, 3.05) is 13.1 Å². The lowest BCUT2D eigenvalue weighted by molar-refractivity contribution is 0.0658. The third kappa shape index (κ3) is 2.68. The van der Waals surface area contributed by atoms with Gasteiger partial charge in [0, 0.05) is 37.4 Å². The first-order valence-electron chi connectivity index (χ1n) is 8.42.